The molecule has 1 atom stereocenters. The van der Waals surface area contributed by atoms with E-state index in [2.05, 4.69) is 10.6 Å². The van der Waals surface area contributed by atoms with Crippen molar-refractivity contribution in [3.8, 4) is 0 Å². The maximum absolute atomic E-state index is 12.6. The van der Waals surface area contributed by atoms with Gasteiger partial charge < -0.3 is 15.5 Å². The number of anilines is 1. The van der Waals surface area contributed by atoms with Crippen molar-refractivity contribution in [3.63, 3.8) is 0 Å². The molecule has 1 aromatic rings. The van der Waals surface area contributed by atoms with E-state index in [-0.39, 0.29) is 24.2 Å². The highest BCUT2D eigenvalue weighted by atomic mass is 35.5. The van der Waals surface area contributed by atoms with Gasteiger partial charge in [-0.15, -0.1) is 12.4 Å². The SMILES string of the molecule is CN(C(=O)c1ccc(NC(=O)CC2CCCN2)cc1)C1CCCCC1.Cl. The van der Waals surface area contributed by atoms with E-state index < -0.39 is 0 Å². The van der Waals surface area contributed by atoms with E-state index in [1.54, 1.807) is 0 Å². The number of hydrogen-bond acceptors (Lipinski definition) is 3. The van der Waals surface area contributed by atoms with E-state index in [1.165, 1.54) is 19.3 Å². The summed E-state index contributed by atoms with van der Waals surface area (Å²) in [4.78, 5) is 26.6. The number of hydrogen-bond donors (Lipinski definition) is 2. The van der Waals surface area contributed by atoms with Crippen LogP contribution in [0.4, 0.5) is 5.69 Å². The first-order valence-electron chi connectivity index (χ1n) is 9.54. The molecule has 5 nitrogen and oxygen atoms in total. The van der Waals surface area contributed by atoms with Gasteiger partial charge in [0.05, 0.1) is 0 Å². The molecule has 1 aliphatic heterocycles. The highest BCUT2D eigenvalue weighted by molar-refractivity contribution is 5.96. The molecule has 0 radical (unpaired) electrons. The summed E-state index contributed by atoms with van der Waals surface area (Å²) in [7, 11) is 1.91. The number of amides is 2. The highest BCUT2D eigenvalue weighted by Crippen LogP contribution is 2.23. The molecule has 1 unspecified atom stereocenters. The van der Waals surface area contributed by atoms with Crippen LogP contribution in [0, 0.1) is 0 Å². The topological polar surface area (TPSA) is 61.4 Å². The number of nitrogens with zero attached hydrogens (tertiary/aromatic N) is 1. The molecule has 1 saturated heterocycles. The molecule has 26 heavy (non-hydrogen) atoms. The van der Waals surface area contributed by atoms with Gasteiger partial charge in [-0.1, -0.05) is 19.3 Å². The first kappa shape index (κ1) is 20.7. The van der Waals surface area contributed by atoms with E-state index in [1.807, 2.05) is 36.2 Å². The minimum atomic E-state index is 0. The van der Waals surface area contributed by atoms with Crippen LogP contribution in [0.1, 0.15) is 61.7 Å². The van der Waals surface area contributed by atoms with Crippen LogP contribution in [-0.4, -0.2) is 42.4 Å². The van der Waals surface area contributed by atoms with Gasteiger partial charge in [-0.05, 0) is 56.5 Å². The van der Waals surface area contributed by atoms with Gasteiger partial charge in [-0.3, -0.25) is 9.59 Å². The van der Waals surface area contributed by atoms with Crippen molar-refractivity contribution in [2.24, 2.45) is 0 Å². The number of halogens is 1. The lowest BCUT2D eigenvalue weighted by Crippen LogP contribution is -2.38. The molecule has 2 fully saturated rings. The quantitative estimate of drug-likeness (QED) is 0.821. The first-order chi connectivity index (χ1) is 12.1. The molecule has 2 amide bonds. The predicted octanol–water partition coefficient (Wildman–Crippen LogP) is 3.59. The number of carbonyl (C=O) groups is 2. The van der Waals surface area contributed by atoms with Crippen LogP contribution in [-0.2, 0) is 4.79 Å². The van der Waals surface area contributed by atoms with Crippen molar-refractivity contribution in [3.05, 3.63) is 29.8 Å². The maximum Gasteiger partial charge on any atom is 0.253 e. The first-order valence-corrected chi connectivity index (χ1v) is 9.54. The highest BCUT2D eigenvalue weighted by Gasteiger charge is 2.23. The molecule has 1 aliphatic carbocycles. The Hall–Kier alpha value is -1.59. The molecule has 1 heterocycles. The summed E-state index contributed by atoms with van der Waals surface area (Å²) in [5.74, 6) is 0.0951. The van der Waals surface area contributed by atoms with Gasteiger partial charge in [0.2, 0.25) is 5.91 Å². The van der Waals surface area contributed by atoms with E-state index in [9.17, 15) is 9.59 Å². The third-order valence-electron chi connectivity index (χ3n) is 5.45. The van der Waals surface area contributed by atoms with Crippen molar-refractivity contribution in [1.82, 2.24) is 10.2 Å². The molecule has 2 aliphatic rings. The lowest BCUT2D eigenvalue weighted by Gasteiger charge is -2.31. The van der Waals surface area contributed by atoms with Gasteiger partial charge in [-0.25, -0.2) is 0 Å². The van der Waals surface area contributed by atoms with Gasteiger partial charge in [0.1, 0.15) is 0 Å². The smallest absolute Gasteiger partial charge is 0.253 e. The van der Waals surface area contributed by atoms with Crippen LogP contribution in [0.3, 0.4) is 0 Å². The van der Waals surface area contributed by atoms with Crippen LogP contribution in [0.15, 0.2) is 24.3 Å². The fourth-order valence-electron chi connectivity index (χ4n) is 3.90. The van der Waals surface area contributed by atoms with Crippen LogP contribution in [0.2, 0.25) is 0 Å². The molecule has 3 rings (SSSR count). The molecule has 0 spiro atoms. The van der Waals surface area contributed by atoms with Crippen LogP contribution >= 0.6 is 12.4 Å². The second-order valence-electron chi connectivity index (χ2n) is 7.33. The molecule has 144 valence electrons. The second kappa shape index (κ2) is 9.93. The van der Waals surface area contributed by atoms with Crippen LogP contribution in [0.5, 0.6) is 0 Å². The Kier molecular flexibility index (Phi) is 7.91. The third kappa shape index (κ3) is 5.45. The predicted molar refractivity (Wildman–Crippen MR) is 107 cm³/mol. The largest absolute Gasteiger partial charge is 0.339 e. The minimum absolute atomic E-state index is 0. The third-order valence-corrected chi connectivity index (χ3v) is 5.45. The lowest BCUT2D eigenvalue weighted by atomic mass is 9.94. The standard InChI is InChI=1S/C20H29N3O2.ClH/c1-23(18-7-3-2-4-8-18)20(25)15-9-11-16(12-10-15)22-19(24)14-17-6-5-13-21-17;/h9-12,17-18,21H,2-8,13-14H2,1H3,(H,22,24);1H. The Balaban J connectivity index is 0.00000243. The number of benzene rings is 1. The number of carbonyl (C=O) groups excluding carboxylic acids is 2. The molecule has 1 saturated carbocycles. The Bertz CT molecular complexity index is 594. The van der Waals surface area contributed by atoms with E-state index >= 15 is 0 Å². The molecular formula is C20H30ClN3O2. The zero-order valence-corrected chi connectivity index (χ0v) is 16.3. The molecule has 0 bridgehead atoms. The van der Waals surface area contributed by atoms with Crippen LogP contribution in [0.25, 0.3) is 0 Å². The summed E-state index contributed by atoms with van der Waals surface area (Å²) < 4.78 is 0. The zero-order chi connectivity index (χ0) is 17.6. The summed E-state index contributed by atoms with van der Waals surface area (Å²) in [6.07, 6.45) is 8.62. The molecule has 6 heteroatoms. The van der Waals surface area contributed by atoms with E-state index in [0.717, 1.165) is 37.9 Å². The Morgan fingerprint density at radius 3 is 2.38 bits per heavy atom. The van der Waals surface area contributed by atoms with Gasteiger partial charge in [0.25, 0.3) is 5.91 Å². The Morgan fingerprint density at radius 1 is 1.08 bits per heavy atom. The fraction of sp³-hybridized carbons (Fsp3) is 0.600. The normalized spacial score (nSPS) is 20.3. The maximum atomic E-state index is 12.6. The average molecular weight is 380 g/mol. The summed E-state index contributed by atoms with van der Waals surface area (Å²) in [5.41, 5.74) is 1.43. The Labute approximate surface area is 162 Å². The van der Waals surface area contributed by atoms with Gasteiger partial charge in [0, 0.05) is 36.8 Å². The summed E-state index contributed by atoms with van der Waals surface area (Å²) in [5, 5.41) is 6.25. The summed E-state index contributed by atoms with van der Waals surface area (Å²) in [6, 6.07) is 7.92. The second-order valence-corrected chi connectivity index (χ2v) is 7.33. The molecular weight excluding hydrogens is 350 g/mol. The monoisotopic (exact) mass is 379 g/mol. The van der Waals surface area contributed by atoms with Gasteiger partial charge in [0.15, 0.2) is 0 Å². The van der Waals surface area contributed by atoms with Crippen molar-refractivity contribution in [2.45, 2.75) is 63.5 Å². The molecule has 2 N–H and O–H groups in total. The fourth-order valence-corrected chi connectivity index (χ4v) is 3.90. The van der Waals surface area contributed by atoms with Crippen molar-refractivity contribution in [2.75, 3.05) is 18.9 Å². The van der Waals surface area contributed by atoms with E-state index in [4.69, 9.17) is 0 Å². The number of nitrogens with one attached hydrogen (secondary N) is 2. The lowest BCUT2D eigenvalue weighted by molar-refractivity contribution is -0.116. The van der Waals surface area contributed by atoms with Crippen LogP contribution < -0.4 is 10.6 Å². The van der Waals surface area contributed by atoms with Crippen molar-refractivity contribution < 1.29 is 9.59 Å². The summed E-state index contributed by atoms with van der Waals surface area (Å²) in [6.45, 7) is 1.00. The number of rotatable bonds is 5. The molecule has 0 aromatic heterocycles. The van der Waals surface area contributed by atoms with Crippen molar-refractivity contribution in [1.29, 1.82) is 0 Å². The molecule has 1 aromatic carbocycles. The van der Waals surface area contributed by atoms with E-state index in [0.29, 0.717) is 24.1 Å². The van der Waals surface area contributed by atoms with Gasteiger partial charge in [-0.2, -0.15) is 0 Å². The summed E-state index contributed by atoms with van der Waals surface area (Å²) >= 11 is 0. The zero-order valence-electron chi connectivity index (χ0n) is 15.5. The average Bonchev–Trinajstić information content (AvgIpc) is 3.14. The van der Waals surface area contributed by atoms with Crippen molar-refractivity contribution >= 4 is 29.9 Å². The van der Waals surface area contributed by atoms with Gasteiger partial charge >= 0.3 is 0 Å². The minimum Gasteiger partial charge on any atom is -0.339 e. The Morgan fingerprint density at radius 2 is 1.77 bits per heavy atom.